The van der Waals surface area contributed by atoms with Crippen molar-refractivity contribution >= 4 is 11.3 Å². The number of aliphatic hydroxyl groups excluding tert-OH is 1. The second kappa shape index (κ2) is 3.81. The van der Waals surface area contributed by atoms with Crippen LogP contribution in [0.15, 0.2) is 23.3 Å². The van der Waals surface area contributed by atoms with E-state index in [1.165, 1.54) is 11.3 Å². The fourth-order valence-corrected chi connectivity index (χ4v) is 1.61. The molecule has 14 heavy (non-hydrogen) atoms. The van der Waals surface area contributed by atoms with Crippen molar-refractivity contribution in [2.45, 2.75) is 13.0 Å². The van der Waals surface area contributed by atoms with Crippen LogP contribution in [-0.2, 0) is 0 Å². The summed E-state index contributed by atoms with van der Waals surface area (Å²) in [4.78, 5) is 12.1. The van der Waals surface area contributed by atoms with Gasteiger partial charge >= 0.3 is 0 Å². The molecule has 4 nitrogen and oxygen atoms in total. The third-order valence-electron chi connectivity index (χ3n) is 1.78. The van der Waals surface area contributed by atoms with Crippen LogP contribution in [0, 0.1) is 6.92 Å². The number of hydrogen-bond acceptors (Lipinski definition) is 5. The molecule has 1 unspecified atom stereocenters. The maximum absolute atomic E-state index is 9.79. The molecule has 72 valence electrons. The highest BCUT2D eigenvalue weighted by atomic mass is 32.1. The molecule has 0 radical (unpaired) electrons. The van der Waals surface area contributed by atoms with Crippen LogP contribution in [0.4, 0.5) is 0 Å². The van der Waals surface area contributed by atoms with Crippen molar-refractivity contribution in [3.8, 4) is 0 Å². The Bertz CT molecular complexity index is 399. The zero-order valence-corrected chi connectivity index (χ0v) is 8.40. The quantitative estimate of drug-likeness (QED) is 0.807. The Hall–Kier alpha value is -1.33. The van der Waals surface area contributed by atoms with Gasteiger partial charge in [0.1, 0.15) is 0 Å². The molecule has 0 bridgehead atoms. The van der Waals surface area contributed by atoms with Crippen molar-refractivity contribution < 1.29 is 5.11 Å². The highest BCUT2D eigenvalue weighted by molar-refractivity contribution is 7.07. The standard InChI is InChI=1S/C9H9N3OS/c1-6-2-10-9(11-3-6)8(13)7-4-14-5-12-7/h2-5,8,13H,1H3. The van der Waals surface area contributed by atoms with Gasteiger partial charge in [0.2, 0.25) is 0 Å². The molecule has 5 heteroatoms. The minimum absolute atomic E-state index is 0.390. The molecule has 0 amide bonds. The van der Waals surface area contributed by atoms with Crippen LogP contribution in [0.2, 0.25) is 0 Å². The van der Waals surface area contributed by atoms with E-state index in [9.17, 15) is 5.11 Å². The number of hydrogen-bond donors (Lipinski definition) is 1. The topological polar surface area (TPSA) is 58.9 Å². The number of nitrogens with zero attached hydrogens (tertiary/aromatic N) is 3. The second-order valence-electron chi connectivity index (χ2n) is 2.93. The predicted octanol–water partition coefficient (Wildman–Crippen LogP) is 1.32. The van der Waals surface area contributed by atoms with Gasteiger partial charge < -0.3 is 5.11 Å². The molecule has 1 N–H and O–H groups in total. The second-order valence-corrected chi connectivity index (χ2v) is 3.65. The van der Waals surface area contributed by atoms with E-state index in [2.05, 4.69) is 15.0 Å². The molecule has 2 aromatic rings. The summed E-state index contributed by atoms with van der Waals surface area (Å²) in [5.74, 6) is 0.390. The molecule has 2 aromatic heterocycles. The molecule has 0 spiro atoms. The summed E-state index contributed by atoms with van der Waals surface area (Å²) >= 11 is 1.44. The first-order chi connectivity index (χ1) is 6.77. The molecule has 0 aromatic carbocycles. The summed E-state index contributed by atoms with van der Waals surface area (Å²) in [6.07, 6.45) is 2.54. The fourth-order valence-electron chi connectivity index (χ4n) is 1.03. The van der Waals surface area contributed by atoms with Gasteiger partial charge in [-0.1, -0.05) is 0 Å². The summed E-state index contributed by atoms with van der Waals surface area (Å²) in [7, 11) is 0. The van der Waals surface area contributed by atoms with E-state index < -0.39 is 6.10 Å². The molecule has 0 fully saturated rings. The van der Waals surface area contributed by atoms with Crippen molar-refractivity contribution in [1.82, 2.24) is 15.0 Å². The Morgan fingerprint density at radius 2 is 2.00 bits per heavy atom. The number of aryl methyl sites for hydroxylation is 1. The summed E-state index contributed by atoms with van der Waals surface area (Å²) in [5, 5.41) is 11.6. The lowest BCUT2D eigenvalue weighted by atomic mass is 10.2. The maximum atomic E-state index is 9.79. The van der Waals surface area contributed by atoms with Crippen molar-refractivity contribution in [2.75, 3.05) is 0 Å². The van der Waals surface area contributed by atoms with Gasteiger partial charge in [-0.25, -0.2) is 15.0 Å². The lowest BCUT2D eigenvalue weighted by Crippen LogP contribution is -2.05. The molecular formula is C9H9N3OS. The van der Waals surface area contributed by atoms with Gasteiger partial charge in [0.15, 0.2) is 11.9 Å². The molecule has 0 aliphatic rings. The first-order valence-electron chi connectivity index (χ1n) is 4.12. The van der Waals surface area contributed by atoms with Crippen molar-refractivity contribution in [3.63, 3.8) is 0 Å². The maximum Gasteiger partial charge on any atom is 0.163 e. The van der Waals surface area contributed by atoms with E-state index in [1.807, 2.05) is 6.92 Å². The number of aromatic nitrogens is 3. The van der Waals surface area contributed by atoms with Crippen molar-refractivity contribution in [1.29, 1.82) is 0 Å². The van der Waals surface area contributed by atoms with Crippen LogP contribution in [0.25, 0.3) is 0 Å². The summed E-state index contributed by atoms with van der Waals surface area (Å²) in [6, 6.07) is 0. The molecule has 0 aliphatic heterocycles. The Labute approximate surface area is 85.3 Å². The average molecular weight is 207 g/mol. The van der Waals surface area contributed by atoms with Gasteiger partial charge in [0.05, 0.1) is 11.2 Å². The number of thiazole rings is 1. The molecule has 2 heterocycles. The van der Waals surface area contributed by atoms with Crippen molar-refractivity contribution in [2.24, 2.45) is 0 Å². The number of aliphatic hydroxyl groups is 1. The highest BCUT2D eigenvalue weighted by Crippen LogP contribution is 2.17. The lowest BCUT2D eigenvalue weighted by molar-refractivity contribution is 0.205. The first kappa shape index (κ1) is 9.23. The van der Waals surface area contributed by atoms with Gasteiger partial charge in [-0.05, 0) is 12.5 Å². The summed E-state index contributed by atoms with van der Waals surface area (Å²) < 4.78 is 0. The van der Waals surface area contributed by atoms with Crippen molar-refractivity contribution in [3.05, 3.63) is 40.4 Å². The molecule has 0 aliphatic carbocycles. The average Bonchev–Trinajstić information content (AvgIpc) is 2.71. The van der Waals surface area contributed by atoms with E-state index in [-0.39, 0.29) is 0 Å². The molecular weight excluding hydrogens is 198 g/mol. The summed E-state index contributed by atoms with van der Waals surface area (Å²) in [6.45, 7) is 1.90. The Morgan fingerprint density at radius 1 is 1.29 bits per heavy atom. The van der Waals surface area contributed by atoms with E-state index in [0.717, 1.165) is 5.56 Å². The minimum Gasteiger partial charge on any atom is -0.379 e. The van der Waals surface area contributed by atoms with Gasteiger partial charge in [-0.3, -0.25) is 0 Å². The summed E-state index contributed by atoms with van der Waals surface area (Å²) in [5.41, 5.74) is 3.24. The molecule has 1 atom stereocenters. The van der Waals surface area contributed by atoms with Crippen LogP contribution in [0.5, 0.6) is 0 Å². The molecule has 0 saturated heterocycles. The third-order valence-corrected chi connectivity index (χ3v) is 2.38. The first-order valence-corrected chi connectivity index (χ1v) is 5.06. The zero-order valence-electron chi connectivity index (χ0n) is 7.58. The molecule has 2 rings (SSSR count). The van der Waals surface area contributed by atoms with Gasteiger partial charge in [-0.15, -0.1) is 11.3 Å². The Kier molecular flexibility index (Phi) is 2.51. The van der Waals surface area contributed by atoms with E-state index in [0.29, 0.717) is 11.5 Å². The number of rotatable bonds is 2. The smallest absolute Gasteiger partial charge is 0.163 e. The van der Waals surface area contributed by atoms with Crippen LogP contribution in [0.3, 0.4) is 0 Å². The van der Waals surface area contributed by atoms with E-state index >= 15 is 0 Å². The monoisotopic (exact) mass is 207 g/mol. The fraction of sp³-hybridized carbons (Fsp3) is 0.222. The van der Waals surface area contributed by atoms with E-state index in [4.69, 9.17) is 0 Å². The van der Waals surface area contributed by atoms with Gasteiger partial charge in [0.25, 0.3) is 0 Å². The highest BCUT2D eigenvalue weighted by Gasteiger charge is 2.14. The lowest BCUT2D eigenvalue weighted by Gasteiger charge is -2.05. The Morgan fingerprint density at radius 3 is 2.57 bits per heavy atom. The van der Waals surface area contributed by atoms with Crippen LogP contribution in [0.1, 0.15) is 23.2 Å². The molecule has 0 saturated carbocycles. The largest absolute Gasteiger partial charge is 0.379 e. The van der Waals surface area contributed by atoms with Gasteiger partial charge in [-0.2, -0.15) is 0 Å². The zero-order chi connectivity index (χ0) is 9.97. The van der Waals surface area contributed by atoms with Crippen LogP contribution in [-0.4, -0.2) is 20.1 Å². The predicted molar refractivity (Wildman–Crippen MR) is 52.9 cm³/mol. The third kappa shape index (κ3) is 1.78. The van der Waals surface area contributed by atoms with Gasteiger partial charge in [0, 0.05) is 17.8 Å². The van der Waals surface area contributed by atoms with Crippen LogP contribution < -0.4 is 0 Å². The van der Waals surface area contributed by atoms with E-state index in [1.54, 1.807) is 23.3 Å². The van der Waals surface area contributed by atoms with Crippen LogP contribution >= 0.6 is 11.3 Å². The minimum atomic E-state index is -0.818. The normalized spacial score (nSPS) is 12.7. The Balaban J connectivity index is 2.28. The SMILES string of the molecule is Cc1cnc(C(O)c2cscn2)nc1.